The minimum Gasteiger partial charge on any atom is -0.393 e. The second-order valence-corrected chi connectivity index (χ2v) is 5.09. The normalized spacial score (nSPS) is 13.1. The molecule has 0 aliphatic heterocycles. The predicted octanol–water partition coefficient (Wildman–Crippen LogP) is 2.79. The van der Waals surface area contributed by atoms with E-state index >= 15 is 0 Å². The van der Waals surface area contributed by atoms with Crippen LogP contribution in [0.5, 0.6) is 0 Å². The fourth-order valence-corrected chi connectivity index (χ4v) is 2.46. The lowest BCUT2D eigenvalue weighted by Crippen LogP contribution is -2.09. The van der Waals surface area contributed by atoms with Crippen molar-refractivity contribution in [2.75, 3.05) is 12.0 Å². The van der Waals surface area contributed by atoms with Crippen molar-refractivity contribution in [3.05, 3.63) is 22.4 Å². The molecule has 0 radical (unpaired) electrons. The van der Waals surface area contributed by atoms with Gasteiger partial charge in [0.05, 0.1) is 6.10 Å². The fourth-order valence-electron chi connectivity index (χ4n) is 1.23. The first kappa shape index (κ1) is 11.1. The van der Waals surface area contributed by atoms with Gasteiger partial charge in [-0.15, -0.1) is 11.3 Å². The molecular weight excluding hydrogens is 200 g/mol. The van der Waals surface area contributed by atoms with Crippen molar-refractivity contribution < 1.29 is 5.11 Å². The van der Waals surface area contributed by atoms with E-state index in [0.29, 0.717) is 0 Å². The Balaban J connectivity index is 2.14. The second kappa shape index (κ2) is 6.46. The van der Waals surface area contributed by atoms with Crippen LogP contribution >= 0.6 is 23.1 Å². The SMILES string of the molecule is CSCCCC(O)Cc1cccs1. The Labute approximate surface area is 88.2 Å². The van der Waals surface area contributed by atoms with Crippen LogP contribution in [0.3, 0.4) is 0 Å². The van der Waals surface area contributed by atoms with Gasteiger partial charge in [0.15, 0.2) is 0 Å². The highest BCUT2D eigenvalue weighted by Crippen LogP contribution is 2.13. The highest BCUT2D eigenvalue weighted by atomic mass is 32.2. The minimum atomic E-state index is -0.147. The average molecular weight is 216 g/mol. The second-order valence-electron chi connectivity index (χ2n) is 3.07. The number of hydrogen-bond acceptors (Lipinski definition) is 3. The van der Waals surface area contributed by atoms with Crippen LogP contribution < -0.4 is 0 Å². The number of thiophene rings is 1. The molecule has 0 aromatic carbocycles. The standard InChI is InChI=1S/C10H16OS2/c1-12-6-2-4-9(11)8-10-5-3-7-13-10/h3,5,7,9,11H,2,4,6,8H2,1H3. The van der Waals surface area contributed by atoms with E-state index in [1.54, 1.807) is 11.3 Å². The molecule has 0 bridgehead atoms. The lowest BCUT2D eigenvalue weighted by molar-refractivity contribution is 0.165. The summed E-state index contributed by atoms with van der Waals surface area (Å²) >= 11 is 3.57. The van der Waals surface area contributed by atoms with Crippen LogP contribution in [-0.2, 0) is 6.42 Å². The van der Waals surface area contributed by atoms with Crippen LogP contribution in [-0.4, -0.2) is 23.2 Å². The molecule has 0 spiro atoms. The summed E-state index contributed by atoms with van der Waals surface area (Å²) in [6.07, 6.45) is 4.83. The third-order valence-corrected chi connectivity index (χ3v) is 3.50. The first-order valence-corrected chi connectivity index (χ1v) is 6.79. The Morgan fingerprint density at radius 1 is 1.62 bits per heavy atom. The van der Waals surface area contributed by atoms with E-state index in [4.69, 9.17) is 0 Å². The maximum Gasteiger partial charge on any atom is 0.0588 e. The summed E-state index contributed by atoms with van der Waals surface area (Å²) in [5, 5.41) is 11.7. The molecule has 13 heavy (non-hydrogen) atoms. The Morgan fingerprint density at radius 3 is 3.08 bits per heavy atom. The number of thioether (sulfide) groups is 1. The third kappa shape index (κ3) is 4.69. The molecule has 1 heterocycles. The number of rotatable bonds is 6. The summed E-state index contributed by atoms with van der Waals surface area (Å²) in [4.78, 5) is 1.29. The lowest BCUT2D eigenvalue weighted by atomic mass is 10.1. The summed E-state index contributed by atoms with van der Waals surface area (Å²) in [5.41, 5.74) is 0. The summed E-state index contributed by atoms with van der Waals surface area (Å²) in [6.45, 7) is 0. The van der Waals surface area contributed by atoms with E-state index < -0.39 is 0 Å². The topological polar surface area (TPSA) is 20.2 Å². The Kier molecular flexibility index (Phi) is 5.51. The van der Waals surface area contributed by atoms with E-state index in [-0.39, 0.29) is 6.10 Å². The van der Waals surface area contributed by atoms with E-state index in [1.165, 1.54) is 4.88 Å². The molecule has 0 aliphatic carbocycles. The maximum atomic E-state index is 9.65. The monoisotopic (exact) mass is 216 g/mol. The van der Waals surface area contributed by atoms with Crippen LogP contribution in [0.1, 0.15) is 17.7 Å². The molecule has 0 amide bonds. The maximum absolute atomic E-state index is 9.65. The highest BCUT2D eigenvalue weighted by Gasteiger charge is 2.05. The smallest absolute Gasteiger partial charge is 0.0588 e. The Morgan fingerprint density at radius 2 is 2.46 bits per heavy atom. The van der Waals surface area contributed by atoms with Gasteiger partial charge in [0, 0.05) is 11.3 Å². The zero-order chi connectivity index (χ0) is 9.52. The molecule has 0 saturated carbocycles. The van der Waals surface area contributed by atoms with E-state index in [2.05, 4.69) is 17.7 Å². The molecule has 1 nitrogen and oxygen atoms in total. The van der Waals surface area contributed by atoms with E-state index in [1.807, 2.05) is 17.8 Å². The lowest BCUT2D eigenvalue weighted by Gasteiger charge is -2.07. The quantitative estimate of drug-likeness (QED) is 0.738. The minimum absolute atomic E-state index is 0.147. The van der Waals surface area contributed by atoms with Gasteiger partial charge in [-0.25, -0.2) is 0 Å². The first-order chi connectivity index (χ1) is 6.33. The fraction of sp³-hybridized carbons (Fsp3) is 0.600. The molecule has 1 unspecified atom stereocenters. The van der Waals surface area contributed by atoms with Crippen LogP contribution in [0.25, 0.3) is 0 Å². The van der Waals surface area contributed by atoms with Crippen molar-refractivity contribution in [3.63, 3.8) is 0 Å². The zero-order valence-corrected chi connectivity index (χ0v) is 9.53. The summed E-state index contributed by atoms with van der Waals surface area (Å²) in [6, 6.07) is 4.12. The summed E-state index contributed by atoms with van der Waals surface area (Å²) in [7, 11) is 0. The van der Waals surface area contributed by atoms with Crippen molar-refractivity contribution in [2.24, 2.45) is 0 Å². The van der Waals surface area contributed by atoms with Crippen LogP contribution in [0.4, 0.5) is 0 Å². The third-order valence-electron chi connectivity index (χ3n) is 1.90. The summed E-state index contributed by atoms with van der Waals surface area (Å²) in [5.74, 6) is 1.15. The van der Waals surface area contributed by atoms with Crippen molar-refractivity contribution in [1.29, 1.82) is 0 Å². The van der Waals surface area contributed by atoms with Gasteiger partial charge in [0.25, 0.3) is 0 Å². The molecular formula is C10H16OS2. The van der Waals surface area contributed by atoms with Crippen LogP contribution in [0, 0.1) is 0 Å². The Bertz CT molecular complexity index is 209. The number of aliphatic hydroxyl groups excluding tert-OH is 1. The van der Waals surface area contributed by atoms with Crippen molar-refractivity contribution in [1.82, 2.24) is 0 Å². The van der Waals surface area contributed by atoms with Gasteiger partial charge in [0.1, 0.15) is 0 Å². The molecule has 0 saturated heterocycles. The van der Waals surface area contributed by atoms with Crippen LogP contribution in [0.15, 0.2) is 17.5 Å². The number of hydrogen-bond donors (Lipinski definition) is 1. The number of aliphatic hydroxyl groups is 1. The zero-order valence-electron chi connectivity index (χ0n) is 7.90. The van der Waals surface area contributed by atoms with Gasteiger partial charge >= 0.3 is 0 Å². The molecule has 0 fully saturated rings. The van der Waals surface area contributed by atoms with Crippen molar-refractivity contribution >= 4 is 23.1 Å². The highest BCUT2D eigenvalue weighted by molar-refractivity contribution is 7.98. The van der Waals surface area contributed by atoms with Gasteiger partial charge in [-0.1, -0.05) is 6.07 Å². The summed E-state index contributed by atoms with van der Waals surface area (Å²) < 4.78 is 0. The van der Waals surface area contributed by atoms with Crippen molar-refractivity contribution in [3.8, 4) is 0 Å². The van der Waals surface area contributed by atoms with Crippen molar-refractivity contribution in [2.45, 2.75) is 25.4 Å². The van der Waals surface area contributed by atoms with Crippen LogP contribution in [0.2, 0.25) is 0 Å². The first-order valence-electron chi connectivity index (χ1n) is 4.52. The van der Waals surface area contributed by atoms with Gasteiger partial charge in [-0.3, -0.25) is 0 Å². The molecule has 74 valence electrons. The van der Waals surface area contributed by atoms with E-state index in [0.717, 1.165) is 25.0 Å². The van der Waals surface area contributed by atoms with Gasteiger partial charge < -0.3 is 5.11 Å². The molecule has 1 rings (SSSR count). The molecule has 0 aliphatic rings. The largest absolute Gasteiger partial charge is 0.393 e. The molecule has 1 aromatic heterocycles. The average Bonchev–Trinajstić information content (AvgIpc) is 2.57. The molecule has 3 heteroatoms. The molecule has 1 atom stereocenters. The van der Waals surface area contributed by atoms with E-state index in [9.17, 15) is 5.11 Å². The molecule has 1 aromatic rings. The Hall–Kier alpha value is 0.01000. The van der Waals surface area contributed by atoms with Gasteiger partial charge in [-0.2, -0.15) is 11.8 Å². The van der Waals surface area contributed by atoms with Gasteiger partial charge in [-0.05, 0) is 36.3 Å². The molecule has 1 N–H and O–H groups in total. The predicted molar refractivity (Wildman–Crippen MR) is 61.6 cm³/mol. The van der Waals surface area contributed by atoms with Gasteiger partial charge in [0.2, 0.25) is 0 Å².